The summed E-state index contributed by atoms with van der Waals surface area (Å²) in [6.45, 7) is 0. The molecule has 1 unspecified atom stereocenters. The third-order valence-electron chi connectivity index (χ3n) is 2.52. The van der Waals surface area contributed by atoms with E-state index in [9.17, 15) is 0 Å². The molecular weight excluding hydrogens is 224 g/mol. The van der Waals surface area contributed by atoms with Crippen molar-refractivity contribution in [3.63, 3.8) is 0 Å². The summed E-state index contributed by atoms with van der Waals surface area (Å²) in [6.07, 6.45) is 3.54. The van der Waals surface area contributed by atoms with Gasteiger partial charge in [-0.2, -0.15) is 0 Å². The molecule has 84 valence electrons. The second-order valence-electron chi connectivity index (χ2n) is 3.58. The van der Waals surface area contributed by atoms with E-state index in [4.69, 9.17) is 17.4 Å². The van der Waals surface area contributed by atoms with Gasteiger partial charge in [0.15, 0.2) is 0 Å². The summed E-state index contributed by atoms with van der Waals surface area (Å²) in [7, 11) is 1.93. The van der Waals surface area contributed by atoms with Crippen LogP contribution in [0.3, 0.4) is 0 Å². The van der Waals surface area contributed by atoms with Gasteiger partial charge >= 0.3 is 0 Å². The molecule has 3 N–H and O–H groups in total. The minimum absolute atomic E-state index is 0.0789. The van der Waals surface area contributed by atoms with Crippen molar-refractivity contribution in [3.8, 4) is 0 Å². The maximum Gasteiger partial charge on any atom is 0.0946 e. The summed E-state index contributed by atoms with van der Waals surface area (Å²) in [5.41, 5.74) is 4.83. The topological polar surface area (TPSA) is 55.9 Å². The average molecular weight is 237 g/mol. The van der Waals surface area contributed by atoms with Crippen molar-refractivity contribution in [3.05, 3.63) is 53.1 Å². The van der Waals surface area contributed by atoms with Gasteiger partial charge in [0.25, 0.3) is 0 Å². The Kier molecular flexibility index (Phi) is 3.24. The Labute approximate surface area is 99.0 Å². The number of nitrogens with one attached hydrogen (secondary N) is 1. The SMILES string of the molecule is Cn1cncc1C(NN)c1ccc(Cl)cc1. The highest BCUT2D eigenvalue weighted by molar-refractivity contribution is 6.30. The van der Waals surface area contributed by atoms with E-state index in [0.29, 0.717) is 5.02 Å². The number of nitrogens with zero attached hydrogens (tertiary/aromatic N) is 2. The van der Waals surface area contributed by atoms with E-state index >= 15 is 0 Å². The fourth-order valence-electron chi connectivity index (χ4n) is 1.65. The molecule has 2 aromatic rings. The summed E-state index contributed by atoms with van der Waals surface area (Å²) in [5.74, 6) is 5.58. The van der Waals surface area contributed by atoms with E-state index < -0.39 is 0 Å². The molecule has 0 aliphatic rings. The van der Waals surface area contributed by atoms with Gasteiger partial charge in [-0.1, -0.05) is 23.7 Å². The quantitative estimate of drug-likeness (QED) is 0.629. The zero-order valence-corrected chi connectivity index (χ0v) is 9.65. The fraction of sp³-hybridized carbons (Fsp3) is 0.182. The lowest BCUT2D eigenvalue weighted by atomic mass is 10.1. The number of imidazole rings is 1. The first-order valence-corrected chi connectivity index (χ1v) is 5.28. The summed E-state index contributed by atoms with van der Waals surface area (Å²) in [4.78, 5) is 4.07. The molecule has 0 aliphatic heterocycles. The average Bonchev–Trinajstić information content (AvgIpc) is 2.69. The van der Waals surface area contributed by atoms with E-state index in [1.807, 2.05) is 35.9 Å². The molecule has 1 atom stereocenters. The normalized spacial score (nSPS) is 12.7. The highest BCUT2D eigenvalue weighted by Crippen LogP contribution is 2.21. The minimum atomic E-state index is -0.0789. The van der Waals surface area contributed by atoms with E-state index in [2.05, 4.69) is 10.4 Å². The molecule has 0 spiro atoms. The van der Waals surface area contributed by atoms with E-state index in [1.165, 1.54) is 0 Å². The number of rotatable bonds is 3. The molecular formula is C11H13ClN4. The molecule has 1 aromatic heterocycles. The van der Waals surface area contributed by atoms with Crippen LogP contribution in [0, 0.1) is 0 Å². The summed E-state index contributed by atoms with van der Waals surface area (Å²) in [5, 5.41) is 0.713. The highest BCUT2D eigenvalue weighted by atomic mass is 35.5. The van der Waals surface area contributed by atoms with Gasteiger partial charge in [0, 0.05) is 12.1 Å². The summed E-state index contributed by atoms with van der Waals surface area (Å²) >= 11 is 5.85. The number of halogens is 1. The van der Waals surface area contributed by atoms with Crippen molar-refractivity contribution in [2.75, 3.05) is 0 Å². The number of hydrogen-bond acceptors (Lipinski definition) is 3. The molecule has 0 saturated heterocycles. The molecule has 0 fully saturated rings. The van der Waals surface area contributed by atoms with Crippen LogP contribution in [0.2, 0.25) is 5.02 Å². The fourth-order valence-corrected chi connectivity index (χ4v) is 1.78. The monoisotopic (exact) mass is 236 g/mol. The highest BCUT2D eigenvalue weighted by Gasteiger charge is 2.15. The van der Waals surface area contributed by atoms with Crippen LogP contribution in [-0.4, -0.2) is 9.55 Å². The summed E-state index contributed by atoms with van der Waals surface area (Å²) in [6, 6.07) is 7.50. The van der Waals surface area contributed by atoms with Gasteiger partial charge in [-0.15, -0.1) is 0 Å². The second-order valence-corrected chi connectivity index (χ2v) is 4.02. The van der Waals surface area contributed by atoms with Crippen LogP contribution in [0.25, 0.3) is 0 Å². The number of hydrogen-bond donors (Lipinski definition) is 2. The smallest absolute Gasteiger partial charge is 0.0946 e. The third kappa shape index (κ3) is 2.09. The van der Waals surface area contributed by atoms with Gasteiger partial charge in [-0.05, 0) is 17.7 Å². The number of aryl methyl sites for hydroxylation is 1. The molecule has 0 radical (unpaired) electrons. The molecule has 0 amide bonds. The predicted octanol–water partition coefficient (Wildman–Crippen LogP) is 1.63. The molecule has 1 heterocycles. The van der Waals surface area contributed by atoms with Crippen molar-refractivity contribution in [1.82, 2.24) is 15.0 Å². The lowest BCUT2D eigenvalue weighted by Crippen LogP contribution is -2.30. The van der Waals surface area contributed by atoms with E-state index in [1.54, 1.807) is 12.5 Å². The lowest BCUT2D eigenvalue weighted by Gasteiger charge is -2.16. The van der Waals surface area contributed by atoms with Gasteiger partial charge in [-0.3, -0.25) is 5.84 Å². The maximum absolute atomic E-state index is 5.85. The van der Waals surface area contributed by atoms with E-state index in [-0.39, 0.29) is 6.04 Å². The van der Waals surface area contributed by atoms with Crippen LogP contribution in [0.4, 0.5) is 0 Å². The number of nitrogens with two attached hydrogens (primary N) is 1. The minimum Gasteiger partial charge on any atom is -0.336 e. The standard InChI is InChI=1S/C11H13ClN4/c1-16-7-14-6-10(16)11(15-13)8-2-4-9(12)5-3-8/h2-7,11,15H,13H2,1H3. The molecule has 1 aromatic carbocycles. The lowest BCUT2D eigenvalue weighted by molar-refractivity contribution is 0.597. The molecule has 0 aliphatic carbocycles. The Bertz CT molecular complexity index is 463. The van der Waals surface area contributed by atoms with Gasteiger partial charge in [0.2, 0.25) is 0 Å². The molecule has 0 saturated carbocycles. The summed E-state index contributed by atoms with van der Waals surface area (Å²) < 4.78 is 1.93. The van der Waals surface area contributed by atoms with Crippen molar-refractivity contribution in [2.24, 2.45) is 12.9 Å². The zero-order valence-electron chi connectivity index (χ0n) is 8.89. The van der Waals surface area contributed by atoms with E-state index in [0.717, 1.165) is 11.3 Å². The van der Waals surface area contributed by atoms with Crippen LogP contribution in [0.1, 0.15) is 17.3 Å². The van der Waals surface area contributed by atoms with Crippen molar-refractivity contribution in [2.45, 2.75) is 6.04 Å². The van der Waals surface area contributed by atoms with Gasteiger partial charge in [-0.25, -0.2) is 10.4 Å². The van der Waals surface area contributed by atoms with Crippen LogP contribution in [0.5, 0.6) is 0 Å². The zero-order chi connectivity index (χ0) is 11.5. The second kappa shape index (κ2) is 4.65. The first-order chi connectivity index (χ1) is 7.72. The maximum atomic E-state index is 5.85. The molecule has 2 rings (SSSR count). The van der Waals surface area contributed by atoms with Gasteiger partial charge < -0.3 is 4.57 Å². The number of hydrazine groups is 1. The Morgan fingerprint density at radius 3 is 2.56 bits per heavy atom. The Balaban J connectivity index is 2.37. The molecule has 0 bridgehead atoms. The molecule has 5 heteroatoms. The predicted molar refractivity (Wildman–Crippen MR) is 63.8 cm³/mol. The largest absolute Gasteiger partial charge is 0.336 e. The van der Waals surface area contributed by atoms with Crippen LogP contribution < -0.4 is 11.3 Å². The van der Waals surface area contributed by atoms with Crippen LogP contribution in [-0.2, 0) is 7.05 Å². The van der Waals surface area contributed by atoms with Crippen molar-refractivity contribution < 1.29 is 0 Å². The number of benzene rings is 1. The van der Waals surface area contributed by atoms with Crippen LogP contribution in [0.15, 0.2) is 36.8 Å². The Hall–Kier alpha value is -1.36. The van der Waals surface area contributed by atoms with Gasteiger partial charge in [0.05, 0.1) is 24.3 Å². The Morgan fingerprint density at radius 2 is 2.06 bits per heavy atom. The first-order valence-electron chi connectivity index (χ1n) is 4.90. The van der Waals surface area contributed by atoms with Crippen LogP contribution >= 0.6 is 11.6 Å². The molecule has 16 heavy (non-hydrogen) atoms. The van der Waals surface area contributed by atoms with Gasteiger partial charge in [0.1, 0.15) is 0 Å². The third-order valence-corrected chi connectivity index (χ3v) is 2.77. The first kappa shape index (κ1) is 11.1. The van der Waals surface area contributed by atoms with Crippen molar-refractivity contribution in [1.29, 1.82) is 0 Å². The van der Waals surface area contributed by atoms with Crippen molar-refractivity contribution >= 4 is 11.6 Å². The Morgan fingerprint density at radius 1 is 1.38 bits per heavy atom. The molecule has 4 nitrogen and oxygen atoms in total. The number of aromatic nitrogens is 2.